The predicted octanol–water partition coefficient (Wildman–Crippen LogP) is 5.70. The van der Waals surface area contributed by atoms with Crippen molar-refractivity contribution in [3.05, 3.63) is 70.4 Å². The molecule has 0 radical (unpaired) electrons. The molecule has 1 aliphatic rings. The number of pyridine rings is 1. The van der Waals surface area contributed by atoms with Crippen LogP contribution in [0.1, 0.15) is 49.3 Å². The number of aromatic nitrogens is 1. The summed E-state index contributed by atoms with van der Waals surface area (Å²) in [5, 5.41) is 22.5. The van der Waals surface area contributed by atoms with Crippen LogP contribution in [0.4, 0.5) is 8.78 Å². The Morgan fingerprint density at radius 3 is 2.56 bits per heavy atom. The van der Waals surface area contributed by atoms with Crippen LogP contribution >= 0.6 is 11.6 Å². The number of benzene rings is 2. The average molecular weight is 519 g/mol. The molecule has 194 valence electrons. The Labute approximate surface area is 215 Å². The van der Waals surface area contributed by atoms with E-state index in [-0.39, 0.29) is 17.6 Å². The molecule has 8 heteroatoms. The molecule has 0 unspecified atom stereocenters. The van der Waals surface area contributed by atoms with E-state index in [1.165, 1.54) is 18.2 Å². The number of rotatable bonds is 10. The summed E-state index contributed by atoms with van der Waals surface area (Å²) in [6.07, 6.45) is 4.49. The number of nitrogens with zero attached hydrogens (tertiary/aromatic N) is 2. The van der Waals surface area contributed by atoms with Crippen molar-refractivity contribution >= 4 is 22.5 Å². The van der Waals surface area contributed by atoms with Crippen LogP contribution < -0.4 is 4.74 Å². The number of piperidine rings is 1. The number of likely N-dealkylation sites (tertiary alicyclic amines) is 1. The number of methoxy groups -OCH3 is 1. The van der Waals surface area contributed by atoms with E-state index in [4.69, 9.17) is 16.3 Å². The predicted molar refractivity (Wildman–Crippen MR) is 137 cm³/mol. The highest BCUT2D eigenvalue weighted by atomic mass is 35.5. The summed E-state index contributed by atoms with van der Waals surface area (Å²) in [7, 11) is 1.59. The fraction of sp³-hybridized carbons (Fsp3) is 0.464. The Kier molecular flexibility index (Phi) is 8.78. The first-order valence-electron chi connectivity index (χ1n) is 12.4. The van der Waals surface area contributed by atoms with Crippen molar-refractivity contribution in [3.63, 3.8) is 0 Å². The van der Waals surface area contributed by atoms with E-state index < -0.39 is 17.7 Å². The molecule has 4 rings (SSSR count). The van der Waals surface area contributed by atoms with Crippen LogP contribution in [0.2, 0.25) is 5.02 Å². The summed E-state index contributed by atoms with van der Waals surface area (Å²) in [5.74, 6) is -0.323. The molecular formula is C28H33ClF2N2O3. The van der Waals surface area contributed by atoms with Crippen LogP contribution in [0.25, 0.3) is 10.9 Å². The molecule has 0 bridgehead atoms. The third-order valence-corrected chi connectivity index (χ3v) is 7.87. The zero-order valence-electron chi connectivity index (χ0n) is 20.5. The van der Waals surface area contributed by atoms with E-state index in [1.54, 1.807) is 13.3 Å². The van der Waals surface area contributed by atoms with Crippen LogP contribution in [0.3, 0.4) is 0 Å². The smallest absolute Gasteiger partial charge is 0.129 e. The molecule has 2 aromatic carbocycles. The second kappa shape index (κ2) is 11.8. The van der Waals surface area contributed by atoms with Gasteiger partial charge in [0.05, 0.1) is 23.8 Å². The summed E-state index contributed by atoms with van der Waals surface area (Å²) >= 11 is 6.45. The standard InChI is InChI=1S/C28H33ClF2N2O3/c1-36-19-7-8-25-21(16-19)27(22(29)17-32-25)26(35)9-10-28(18-34)11-14-33(15-12-28)13-3-4-20-23(30)5-2-6-24(20)31/h2,5-8,16-17,26,34-35H,3-4,9-15,18H2,1H3/t26-/m1/s1. The van der Waals surface area contributed by atoms with Crippen molar-refractivity contribution in [2.75, 3.05) is 33.4 Å². The molecule has 36 heavy (non-hydrogen) atoms. The van der Waals surface area contributed by atoms with Gasteiger partial charge in [-0.05, 0) is 93.9 Å². The van der Waals surface area contributed by atoms with Crippen molar-refractivity contribution in [1.82, 2.24) is 9.88 Å². The highest BCUT2D eigenvalue weighted by molar-refractivity contribution is 6.32. The van der Waals surface area contributed by atoms with Crippen LogP contribution in [-0.4, -0.2) is 53.4 Å². The molecule has 3 aromatic rings. The average Bonchev–Trinajstić information content (AvgIpc) is 2.89. The maximum Gasteiger partial charge on any atom is 0.129 e. The summed E-state index contributed by atoms with van der Waals surface area (Å²) in [6, 6.07) is 9.46. The molecule has 0 saturated carbocycles. The van der Waals surface area contributed by atoms with Gasteiger partial charge in [-0.3, -0.25) is 4.98 Å². The molecule has 2 heterocycles. The van der Waals surface area contributed by atoms with Crippen LogP contribution in [-0.2, 0) is 6.42 Å². The van der Waals surface area contributed by atoms with E-state index in [9.17, 15) is 19.0 Å². The Hall–Kier alpha value is -2.32. The SMILES string of the molecule is COc1ccc2ncc(Cl)c([C@H](O)CCC3(CO)CCN(CCCc4c(F)cccc4F)CC3)c2c1. The number of hydrogen-bond acceptors (Lipinski definition) is 5. The number of hydrogen-bond donors (Lipinski definition) is 2. The molecular weight excluding hydrogens is 486 g/mol. The first kappa shape index (κ1) is 26.7. The van der Waals surface area contributed by atoms with E-state index >= 15 is 0 Å². The van der Waals surface area contributed by atoms with Crippen molar-refractivity contribution < 1.29 is 23.7 Å². The largest absolute Gasteiger partial charge is 0.497 e. The summed E-state index contributed by atoms with van der Waals surface area (Å²) in [6.45, 7) is 2.39. The Bertz CT molecular complexity index is 1160. The summed E-state index contributed by atoms with van der Waals surface area (Å²) in [4.78, 5) is 6.64. The van der Waals surface area contributed by atoms with E-state index in [0.29, 0.717) is 42.0 Å². The van der Waals surface area contributed by atoms with Gasteiger partial charge in [0.25, 0.3) is 0 Å². The second-order valence-electron chi connectivity index (χ2n) is 9.76. The number of ether oxygens (including phenoxy) is 1. The van der Waals surface area contributed by atoms with Crippen LogP contribution in [0.15, 0.2) is 42.6 Å². The van der Waals surface area contributed by atoms with Gasteiger partial charge in [-0.1, -0.05) is 17.7 Å². The van der Waals surface area contributed by atoms with Gasteiger partial charge >= 0.3 is 0 Å². The van der Waals surface area contributed by atoms with Gasteiger partial charge in [0.1, 0.15) is 17.4 Å². The normalized spacial score (nSPS) is 16.8. The van der Waals surface area contributed by atoms with Gasteiger partial charge in [0.15, 0.2) is 0 Å². The molecule has 0 spiro atoms. The quantitative estimate of drug-likeness (QED) is 0.360. The number of aliphatic hydroxyl groups excluding tert-OH is 2. The maximum absolute atomic E-state index is 13.9. The highest BCUT2D eigenvalue weighted by Crippen LogP contribution is 2.40. The van der Waals surface area contributed by atoms with Gasteiger partial charge < -0.3 is 19.8 Å². The lowest BCUT2D eigenvalue weighted by atomic mass is 9.74. The van der Waals surface area contributed by atoms with E-state index in [1.807, 2.05) is 18.2 Å². The van der Waals surface area contributed by atoms with Crippen molar-refractivity contribution in [2.24, 2.45) is 5.41 Å². The monoisotopic (exact) mass is 518 g/mol. The van der Waals surface area contributed by atoms with Crippen LogP contribution in [0, 0.1) is 17.0 Å². The second-order valence-corrected chi connectivity index (χ2v) is 10.2. The van der Waals surface area contributed by atoms with Crippen molar-refractivity contribution in [1.29, 1.82) is 0 Å². The van der Waals surface area contributed by atoms with Crippen molar-refractivity contribution in [3.8, 4) is 5.75 Å². The zero-order valence-corrected chi connectivity index (χ0v) is 21.3. The molecule has 1 aromatic heterocycles. The van der Waals surface area contributed by atoms with Crippen LogP contribution in [0.5, 0.6) is 5.75 Å². The minimum Gasteiger partial charge on any atom is -0.497 e. The minimum atomic E-state index is -0.799. The highest BCUT2D eigenvalue weighted by Gasteiger charge is 2.34. The van der Waals surface area contributed by atoms with Crippen molar-refractivity contribution in [2.45, 2.75) is 44.6 Å². The Balaban J connectivity index is 1.34. The molecule has 5 nitrogen and oxygen atoms in total. The Morgan fingerprint density at radius 2 is 1.89 bits per heavy atom. The molecule has 1 fully saturated rings. The zero-order chi connectivity index (χ0) is 25.7. The first-order chi connectivity index (χ1) is 17.4. The third kappa shape index (κ3) is 5.97. The number of aliphatic hydroxyl groups is 2. The molecule has 0 amide bonds. The summed E-state index contributed by atoms with van der Waals surface area (Å²) in [5.41, 5.74) is 1.23. The molecule has 1 atom stereocenters. The van der Waals surface area contributed by atoms with Gasteiger partial charge in [0, 0.05) is 29.3 Å². The third-order valence-electron chi connectivity index (χ3n) is 7.56. The first-order valence-corrected chi connectivity index (χ1v) is 12.8. The van der Waals surface area contributed by atoms with Gasteiger partial charge in [0.2, 0.25) is 0 Å². The topological polar surface area (TPSA) is 65.8 Å². The fourth-order valence-electron chi connectivity index (χ4n) is 5.21. The fourth-order valence-corrected chi connectivity index (χ4v) is 5.49. The molecule has 2 N–H and O–H groups in total. The Morgan fingerprint density at radius 1 is 1.17 bits per heavy atom. The van der Waals surface area contributed by atoms with E-state index in [2.05, 4.69) is 9.88 Å². The molecule has 1 aliphatic heterocycles. The maximum atomic E-state index is 13.9. The number of halogens is 3. The van der Waals surface area contributed by atoms with Gasteiger partial charge in [-0.15, -0.1) is 0 Å². The van der Waals surface area contributed by atoms with E-state index in [0.717, 1.165) is 43.4 Å². The lowest BCUT2D eigenvalue weighted by molar-refractivity contribution is 0.0234. The van der Waals surface area contributed by atoms with Gasteiger partial charge in [-0.2, -0.15) is 0 Å². The molecule has 0 aliphatic carbocycles. The minimum absolute atomic E-state index is 0.0483. The van der Waals surface area contributed by atoms with Gasteiger partial charge in [-0.25, -0.2) is 8.78 Å². The summed E-state index contributed by atoms with van der Waals surface area (Å²) < 4.78 is 33.1. The lowest BCUT2D eigenvalue weighted by Crippen LogP contribution is -2.42. The number of fused-ring (bicyclic) bond motifs is 1. The molecule has 1 saturated heterocycles. The lowest BCUT2D eigenvalue weighted by Gasteiger charge is -2.41.